The minimum Gasteiger partial charge on any atom is -1.00 e. The molecule has 0 N–H and O–H groups in total. The first-order valence-electron chi connectivity index (χ1n) is 0. The molecule has 4 heavy (non-hydrogen) atoms. The van der Waals surface area contributed by atoms with Gasteiger partial charge in [0.25, 0.3) is 0 Å². The summed E-state index contributed by atoms with van der Waals surface area (Å²) in [5.74, 6) is 0. The number of hydrogen-bond donors (Lipinski definition) is 0. The first-order valence-corrected chi connectivity index (χ1v) is 0. The molecule has 0 bridgehead atoms. The van der Waals surface area contributed by atoms with Gasteiger partial charge < -0.3 is 50.9 Å². The van der Waals surface area contributed by atoms with E-state index in [0.29, 0.717) is 0 Å². The standard InChI is InChI=1S/3BrH.Pu/h3*1H;/p-3. The van der Waals surface area contributed by atoms with Gasteiger partial charge in [0.15, 0.2) is 0 Å². The summed E-state index contributed by atoms with van der Waals surface area (Å²) in [6, 6.07) is 0. The van der Waals surface area contributed by atoms with Crippen LogP contribution in [-0.4, -0.2) is 0 Å². The maximum Gasteiger partial charge on any atom is 0 e. The Balaban J connectivity index is 0. The SMILES string of the molecule is [Br-].[Br-].[Br-].[Pu]. The molecular weight excluding hydrogens is 484 g/mol. The van der Waals surface area contributed by atoms with Crippen molar-refractivity contribution in [3.63, 3.8) is 0 Å². The van der Waals surface area contributed by atoms with Crippen molar-refractivity contribution in [2.45, 2.75) is 0 Å². The summed E-state index contributed by atoms with van der Waals surface area (Å²) in [4.78, 5) is 0. The zero-order valence-corrected chi connectivity index (χ0v) is 9.70. The Morgan fingerprint density at radius 1 is 0.500 bits per heavy atom. The topological polar surface area (TPSA) is 0 Å². The largest absolute Gasteiger partial charge is 1.00 e. The Labute approximate surface area is 79.0 Å². The Morgan fingerprint density at radius 3 is 0.500 bits per heavy atom. The summed E-state index contributed by atoms with van der Waals surface area (Å²) in [5.41, 5.74) is 0. The van der Waals surface area contributed by atoms with Gasteiger partial charge in [-0.05, 0) is 0 Å². The predicted octanol–water partition coefficient (Wildman–Crippen LogP) is -8.99. The molecule has 0 aromatic heterocycles. The fourth-order valence-corrected chi connectivity index (χ4v) is 0. The molecule has 0 aliphatic rings. The molecule has 0 amide bonds. The maximum atomic E-state index is 0. The third-order valence-electron chi connectivity index (χ3n) is 0. The fraction of sp³-hybridized carbons (Fsp3) is 0. The number of rotatable bonds is 0. The van der Waals surface area contributed by atoms with Crippen molar-refractivity contribution >= 4 is 0 Å². The van der Waals surface area contributed by atoms with Crippen LogP contribution in [0.1, 0.15) is 0 Å². The van der Waals surface area contributed by atoms with Crippen molar-refractivity contribution < 1.29 is 80.1 Å². The second-order valence-electron chi connectivity index (χ2n) is 0. The van der Waals surface area contributed by atoms with Crippen molar-refractivity contribution in [1.82, 2.24) is 0 Å². The van der Waals surface area contributed by atoms with Gasteiger partial charge in [-0.25, -0.2) is 0 Å². The van der Waals surface area contributed by atoms with Gasteiger partial charge in [-0.3, -0.25) is 0 Å². The van der Waals surface area contributed by atoms with Crippen molar-refractivity contribution in [3.8, 4) is 0 Å². The van der Waals surface area contributed by atoms with Gasteiger partial charge in [0.2, 0.25) is 0 Å². The molecular formula is Br3Pu-3. The second-order valence-corrected chi connectivity index (χ2v) is 0. The van der Waals surface area contributed by atoms with Crippen molar-refractivity contribution in [2.75, 3.05) is 0 Å². The normalized spacial score (nSPS) is 0. The van der Waals surface area contributed by atoms with Crippen LogP contribution in [0.15, 0.2) is 0 Å². The van der Waals surface area contributed by atoms with Crippen LogP contribution >= 0.6 is 0 Å². The molecule has 0 aliphatic carbocycles. The van der Waals surface area contributed by atoms with E-state index in [2.05, 4.69) is 0 Å². The van der Waals surface area contributed by atoms with Crippen LogP contribution in [0.3, 0.4) is 0 Å². The third-order valence-corrected chi connectivity index (χ3v) is 0. The van der Waals surface area contributed by atoms with E-state index >= 15 is 0 Å². The monoisotopic (exact) mass is 475 g/mol. The van der Waals surface area contributed by atoms with Crippen LogP contribution in [0.5, 0.6) is 0 Å². The minimum absolute atomic E-state index is 0. The molecule has 0 heterocycles. The molecule has 0 saturated heterocycles. The predicted molar refractivity (Wildman–Crippen MR) is 0 cm³/mol. The molecule has 0 radical (unpaired) electrons. The van der Waals surface area contributed by atoms with E-state index in [4.69, 9.17) is 0 Å². The van der Waals surface area contributed by atoms with Gasteiger partial charge in [0.05, 0.1) is 0 Å². The molecule has 0 unspecified atom stereocenters. The molecule has 0 atom stereocenters. The minimum atomic E-state index is 0. The molecule has 0 aromatic rings. The Kier molecular flexibility index (Phi) is 145. The fourth-order valence-electron chi connectivity index (χ4n) is 0. The molecule has 0 fully saturated rings. The molecule has 0 saturated carbocycles. The van der Waals surface area contributed by atoms with Gasteiger partial charge in [-0.1, -0.05) is 0 Å². The average Bonchev–Trinajstić information content (AvgIpc) is 0. The van der Waals surface area contributed by atoms with E-state index in [0.717, 1.165) is 0 Å². The van der Waals surface area contributed by atoms with E-state index in [1.54, 1.807) is 0 Å². The summed E-state index contributed by atoms with van der Waals surface area (Å²) in [6.45, 7) is 0. The van der Waals surface area contributed by atoms with Crippen LogP contribution in [0.2, 0.25) is 0 Å². The molecule has 0 spiro atoms. The van der Waals surface area contributed by atoms with Gasteiger partial charge in [-0.15, -0.1) is 0 Å². The summed E-state index contributed by atoms with van der Waals surface area (Å²) in [6.07, 6.45) is 0. The Hall–Kier alpha value is 2.43. The Bertz CT molecular complexity index is 3.25. The first kappa shape index (κ1) is 32.1. The van der Waals surface area contributed by atoms with Crippen molar-refractivity contribution in [3.05, 3.63) is 0 Å². The van der Waals surface area contributed by atoms with Crippen LogP contribution in [0.4, 0.5) is 0 Å². The van der Waals surface area contributed by atoms with E-state index in [-0.39, 0.29) is 80.1 Å². The van der Waals surface area contributed by atoms with Gasteiger partial charge in [0.1, 0.15) is 0 Å². The molecule has 30 valence electrons. The summed E-state index contributed by atoms with van der Waals surface area (Å²) in [7, 11) is 0. The van der Waals surface area contributed by atoms with E-state index in [9.17, 15) is 0 Å². The van der Waals surface area contributed by atoms with E-state index < -0.39 is 0 Å². The zero-order valence-electron chi connectivity index (χ0n) is 1.54. The summed E-state index contributed by atoms with van der Waals surface area (Å²) >= 11 is 0. The van der Waals surface area contributed by atoms with Gasteiger partial charge >= 0.3 is 0 Å². The quantitative estimate of drug-likeness (QED) is 0.321. The Morgan fingerprint density at radius 2 is 0.500 bits per heavy atom. The molecule has 0 nitrogen and oxygen atoms in total. The molecule has 0 rings (SSSR count). The maximum absolute atomic E-state index is 0. The van der Waals surface area contributed by atoms with Crippen LogP contribution in [0.25, 0.3) is 0 Å². The van der Waals surface area contributed by atoms with Crippen molar-refractivity contribution in [2.24, 2.45) is 0 Å². The van der Waals surface area contributed by atoms with E-state index in [1.807, 2.05) is 0 Å². The zero-order chi connectivity index (χ0) is 0. The third kappa shape index (κ3) is 8.83. The summed E-state index contributed by atoms with van der Waals surface area (Å²) < 4.78 is 0. The average molecular weight is 484 g/mol. The molecule has 4 heteroatoms. The van der Waals surface area contributed by atoms with Gasteiger partial charge in [-0.2, -0.15) is 0 Å². The van der Waals surface area contributed by atoms with E-state index in [1.165, 1.54) is 0 Å². The summed E-state index contributed by atoms with van der Waals surface area (Å²) in [5, 5.41) is 0. The van der Waals surface area contributed by atoms with Crippen molar-refractivity contribution in [1.29, 1.82) is 0 Å². The van der Waals surface area contributed by atoms with Crippen LogP contribution in [0, 0.1) is 29.2 Å². The van der Waals surface area contributed by atoms with Gasteiger partial charge in [0, 0.05) is 29.2 Å². The van der Waals surface area contributed by atoms with Crippen LogP contribution < -0.4 is 50.9 Å². The number of hydrogen-bond acceptors (Lipinski definition) is 0. The van der Waals surface area contributed by atoms with Crippen LogP contribution in [-0.2, 0) is 0 Å². The number of halogens is 3. The second kappa shape index (κ2) is 18.1. The smallest absolute Gasteiger partial charge is 0 e. The molecule has 0 aromatic carbocycles. The first-order chi connectivity index (χ1) is 0. The molecule has 0 aliphatic heterocycles.